The molecule has 2 rings (SSSR count). The third kappa shape index (κ3) is 5.39. The summed E-state index contributed by atoms with van der Waals surface area (Å²) in [6.07, 6.45) is 9.52. The van der Waals surface area contributed by atoms with Crippen LogP contribution in [0.5, 0.6) is 5.88 Å². The van der Waals surface area contributed by atoms with Crippen LogP contribution in [-0.2, 0) is 16.6 Å². The largest absolute Gasteiger partial charge is 0.494 e. The highest BCUT2D eigenvalue weighted by Gasteiger charge is 2.39. The van der Waals surface area contributed by atoms with E-state index < -0.39 is 35.0 Å². The van der Waals surface area contributed by atoms with Crippen LogP contribution in [0, 0.1) is 0 Å². The molecule has 1 saturated heterocycles. The Morgan fingerprint density at radius 3 is 2.26 bits per heavy atom. The number of allylic oxidation sites excluding steroid dienone is 2. The van der Waals surface area contributed by atoms with Gasteiger partial charge in [-0.1, -0.05) is 45.1 Å². The van der Waals surface area contributed by atoms with Gasteiger partial charge in [0.1, 0.15) is 11.1 Å². The summed E-state index contributed by atoms with van der Waals surface area (Å²) in [7, 11) is 2.57. The third-order valence-corrected chi connectivity index (χ3v) is 5.12. The Balaban J connectivity index is 2.19. The summed E-state index contributed by atoms with van der Waals surface area (Å²) in [4.78, 5) is 64.8. The summed E-state index contributed by atoms with van der Waals surface area (Å²) in [5.41, 5.74) is -2.03. The molecule has 0 spiro atoms. The highest BCUT2D eigenvalue weighted by molar-refractivity contribution is 6.28. The SMILES string of the molecule is CCCCCCCCN1C(=O)C(=CC=Cc2c(O)n(C)c(=O)[nH]c2=O)C(=O)N(C)C1=O. The van der Waals surface area contributed by atoms with Crippen LogP contribution in [0.2, 0.25) is 0 Å². The number of hydrogen-bond acceptors (Lipinski definition) is 6. The van der Waals surface area contributed by atoms with Crippen molar-refractivity contribution in [1.82, 2.24) is 19.4 Å². The summed E-state index contributed by atoms with van der Waals surface area (Å²) < 4.78 is 0.847. The second-order valence-electron chi connectivity index (χ2n) is 7.37. The molecule has 0 aromatic carbocycles. The number of H-pyrrole nitrogens is 1. The van der Waals surface area contributed by atoms with Gasteiger partial charge in [0, 0.05) is 20.6 Å². The van der Waals surface area contributed by atoms with E-state index in [9.17, 15) is 29.1 Å². The second-order valence-corrected chi connectivity index (χ2v) is 7.37. The first-order valence-electron chi connectivity index (χ1n) is 10.2. The van der Waals surface area contributed by atoms with Gasteiger partial charge >= 0.3 is 11.7 Å². The van der Waals surface area contributed by atoms with Gasteiger partial charge in [-0.3, -0.25) is 33.7 Å². The Labute approximate surface area is 179 Å². The summed E-state index contributed by atoms with van der Waals surface area (Å²) in [5, 5.41) is 9.97. The number of hydrogen-bond donors (Lipinski definition) is 2. The van der Waals surface area contributed by atoms with Crippen molar-refractivity contribution in [3.05, 3.63) is 44.1 Å². The molecule has 31 heavy (non-hydrogen) atoms. The molecule has 1 aromatic heterocycles. The molecule has 0 saturated carbocycles. The van der Waals surface area contributed by atoms with Crippen molar-refractivity contribution < 1.29 is 19.5 Å². The highest BCUT2D eigenvalue weighted by atomic mass is 16.3. The van der Waals surface area contributed by atoms with E-state index in [2.05, 4.69) is 6.92 Å². The van der Waals surface area contributed by atoms with Crippen LogP contribution in [-0.4, -0.2) is 55.9 Å². The molecular weight excluding hydrogens is 404 g/mol. The first kappa shape index (κ1) is 23.8. The van der Waals surface area contributed by atoms with Crippen molar-refractivity contribution in [2.75, 3.05) is 13.6 Å². The Bertz CT molecular complexity index is 1030. The second kappa shape index (κ2) is 10.6. The molecule has 0 unspecified atom stereocenters. The smallest absolute Gasteiger partial charge is 0.333 e. The van der Waals surface area contributed by atoms with E-state index >= 15 is 0 Å². The predicted molar refractivity (Wildman–Crippen MR) is 114 cm³/mol. The molecule has 0 bridgehead atoms. The highest BCUT2D eigenvalue weighted by Crippen LogP contribution is 2.18. The number of amides is 4. The Hall–Kier alpha value is -3.43. The lowest BCUT2D eigenvalue weighted by Crippen LogP contribution is -2.54. The lowest BCUT2D eigenvalue weighted by molar-refractivity contribution is -0.135. The van der Waals surface area contributed by atoms with E-state index in [1.807, 2.05) is 4.98 Å². The van der Waals surface area contributed by atoms with Gasteiger partial charge < -0.3 is 5.11 Å². The van der Waals surface area contributed by atoms with Crippen molar-refractivity contribution in [1.29, 1.82) is 0 Å². The maximum atomic E-state index is 12.7. The quantitative estimate of drug-likeness (QED) is 0.345. The van der Waals surface area contributed by atoms with Crippen molar-refractivity contribution in [3.63, 3.8) is 0 Å². The predicted octanol–water partition coefficient (Wildman–Crippen LogP) is 1.50. The number of aromatic amines is 1. The number of unbranched alkanes of at least 4 members (excludes halogenated alkanes) is 5. The number of aromatic hydroxyl groups is 1. The van der Waals surface area contributed by atoms with E-state index in [1.54, 1.807) is 0 Å². The number of barbiturate groups is 1. The number of likely N-dealkylation sites (N-methyl/N-ethyl adjacent to an activating group) is 1. The first-order valence-corrected chi connectivity index (χ1v) is 10.2. The van der Waals surface area contributed by atoms with E-state index in [0.717, 1.165) is 46.5 Å². The molecule has 0 aliphatic carbocycles. The lowest BCUT2D eigenvalue weighted by Gasteiger charge is -2.31. The molecule has 1 aliphatic rings. The molecule has 0 atom stereocenters. The third-order valence-electron chi connectivity index (χ3n) is 5.12. The van der Waals surface area contributed by atoms with Gasteiger partial charge in [-0.15, -0.1) is 0 Å². The number of nitrogens with zero attached hydrogens (tertiary/aromatic N) is 3. The molecule has 0 radical (unpaired) electrons. The van der Waals surface area contributed by atoms with Gasteiger partial charge in [0.25, 0.3) is 17.4 Å². The van der Waals surface area contributed by atoms with Crippen molar-refractivity contribution >= 4 is 23.9 Å². The van der Waals surface area contributed by atoms with Crippen molar-refractivity contribution in [2.24, 2.45) is 7.05 Å². The normalized spacial score (nSPS) is 16.2. The molecule has 1 fully saturated rings. The Kier molecular flexibility index (Phi) is 8.12. The zero-order chi connectivity index (χ0) is 23.1. The van der Waals surface area contributed by atoms with E-state index in [1.165, 1.54) is 32.3 Å². The number of imide groups is 2. The summed E-state index contributed by atoms with van der Waals surface area (Å²) in [5.74, 6) is -2.01. The number of rotatable bonds is 9. The molecule has 2 N–H and O–H groups in total. The van der Waals surface area contributed by atoms with Gasteiger partial charge in [-0.25, -0.2) is 9.59 Å². The molecular formula is C21H28N4O6. The van der Waals surface area contributed by atoms with Crippen LogP contribution in [0.25, 0.3) is 6.08 Å². The fraction of sp³-hybridized carbons (Fsp3) is 0.476. The number of urea groups is 1. The van der Waals surface area contributed by atoms with E-state index in [0.29, 0.717) is 6.42 Å². The minimum absolute atomic E-state index is 0.206. The number of nitrogens with one attached hydrogen (secondary N) is 1. The number of aromatic nitrogens is 2. The van der Waals surface area contributed by atoms with Gasteiger partial charge in [-0.05, 0) is 18.6 Å². The Morgan fingerprint density at radius 1 is 0.935 bits per heavy atom. The molecule has 10 nitrogen and oxygen atoms in total. The van der Waals surface area contributed by atoms with E-state index in [4.69, 9.17) is 0 Å². The standard InChI is InChI=1S/C21H28N4O6/c1-4-5-6-7-8-9-13-25-19(29)15(18(28)24(3)21(25)31)12-10-11-14-16(26)22-20(30)23(2)17(14)27/h10-12,27H,4-9,13H2,1-3H3,(H,22,26,30). The van der Waals surface area contributed by atoms with E-state index in [-0.39, 0.29) is 17.7 Å². The molecule has 2 heterocycles. The van der Waals surface area contributed by atoms with Gasteiger partial charge in [-0.2, -0.15) is 0 Å². The van der Waals surface area contributed by atoms with Gasteiger partial charge in [0.15, 0.2) is 0 Å². The molecule has 10 heteroatoms. The summed E-state index contributed by atoms with van der Waals surface area (Å²) >= 11 is 0. The Morgan fingerprint density at radius 2 is 1.58 bits per heavy atom. The van der Waals surface area contributed by atoms with Gasteiger partial charge in [0.2, 0.25) is 5.88 Å². The average molecular weight is 432 g/mol. The van der Waals surface area contributed by atoms with Crippen LogP contribution in [0.3, 0.4) is 0 Å². The maximum absolute atomic E-state index is 12.7. The fourth-order valence-electron chi connectivity index (χ4n) is 3.18. The average Bonchev–Trinajstić information content (AvgIpc) is 2.74. The van der Waals surface area contributed by atoms with Gasteiger partial charge in [0.05, 0.1) is 0 Å². The number of carbonyl (C=O) groups excluding carboxylic acids is 3. The van der Waals surface area contributed by atoms with Crippen LogP contribution >= 0.6 is 0 Å². The lowest BCUT2D eigenvalue weighted by atomic mass is 10.1. The molecule has 168 valence electrons. The zero-order valence-corrected chi connectivity index (χ0v) is 18.0. The van der Waals surface area contributed by atoms with Crippen LogP contribution in [0.4, 0.5) is 4.79 Å². The summed E-state index contributed by atoms with van der Waals surface area (Å²) in [6.45, 7) is 2.33. The van der Waals surface area contributed by atoms with Crippen molar-refractivity contribution in [3.8, 4) is 5.88 Å². The van der Waals surface area contributed by atoms with Crippen LogP contribution in [0.1, 0.15) is 51.0 Å². The molecule has 1 aromatic rings. The fourth-order valence-corrected chi connectivity index (χ4v) is 3.18. The van der Waals surface area contributed by atoms with Crippen LogP contribution in [0.15, 0.2) is 27.3 Å². The first-order chi connectivity index (χ1) is 14.7. The summed E-state index contributed by atoms with van der Waals surface area (Å²) in [6, 6.07) is -0.670. The monoisotopic (exact) mass is 432 g/mol. The van der Waals surface area contributed by atoms with Crippen LogP contribution < -0.4 is 11.2 Å². The topological polar surface area (TPSA) is 133 Å². The number of carbonyl (C=O) groups is 3. The minimum Gasteiger partial charge on any atom is -0.494 e. The maximum Gasteiger partial charge on any atom is 0.333 e. The van der Waals surface area contributed by atoms with Crippen molar-refractivity contribution in [2.45, 2.75) is 45.4 Å². The minimum atomic E-state index is -0.812. The zero-order valence-electron chi connectivity index (χ0n) is 18.0. The molecule has 1 aliphatic heterocycles. The molecule has 4 amide bonds.